The monoisotopic (exact) mass is 312 g/mol. The van der Waals surface area contributed by atoms with Crippen LogP contribution < -0.4 is 0 Å². The molecule has 0 bridgehead atoms. The Morgan fingerprint density at radius 2 is 1.68 bits per heavy atom. The third-order valence-electron chi connectivity index (χ3n) is 2.91. The van der Waals surface area contributed by atoms with Crippen molar-refractivity contribution in [3.63, 3.8) is 0 Å². The van der Waals surface area contributed by atoms with E-state index >= 15 is 0 Å². The van der Waals surface area contributed by atoms with Gasteiger partial charge in [-0.25, -0.2) is 0 Å². The SMILES string of the molecule is Cc1cc(-c2ccc(Cl)cc2)cc(Cl)c1CC(=O)Cl. The molecule has 0 aromatic heterocycles. The number of benzene rings is 2. The predicted octanol–water partition coefficient (Wildman–Crippen LogP) is 5.28. The first-order chi connectivity index (χ1) is 8.97. The molecule has 0 spiro atoms. The Morgan fingerprint density at radius 1 is 1.05 bits per heavy atom. The van der Waals surface area contributed by atoms with E-state index < -0.39 is 5.24 Å². The molecule has 98 valence electrons. The van der Waals surface area contributed by atoms with Crippen LogP contribution in [-0.4, -0.2) is 5.24 Å². The molecule has 4 heteroatoms. The van der Waals surface area contributed by atoms with Gasteiger partial charge in [0.05, 0.1) is 0 Å². The van der Waals surface area contributed by atoms with Crippen molar-refractivity contribution in [1.29, 1.82) is 0 Å². The summed E-state index contributed by atoms with van der Waals surface area (Å²) in [5.74, 6) is 0. The van der Waals surface area contributed by atoms with Gasteiger partial charge in [0.2, 0.25) is 5.24 Å². The van der Waals surface area contributed by atoms with E-state index in [0.29, 0.717) is 10.0 Å². The van der Waals surface area contributed by atoms with E-state index in [-0.39, 0.29) is 6.42 Å². The molecule has 0 saturated heterocycles. The van der Waals surface area contributed by atoms with Crippen LogP contribution in [0.5, 0.6) is 0 Å². The van der Waals surface area contributed by atoms with Gasteiger partial charge in [0.1, 0.15) is 0 Å². The standard InChI is InChI=1S/C15H11Cl3O/c1-9-6-11(10-2-4-12(16)5-3-10)7-14(17)13(9)8-15(18)19/h2-7H,8H2,1H3. The summed E-state index contributed by atoms with van der Waals surface area (Å²) >= 11 is 17.5. The van der Waals surface area contributed by atoms with Crippen LogP contribution >= 0.6 is 34.8 Å². The quantitative estimate of drug-likeness (QED) is 0.705. The first-order valence-electron chi connectivity index (χ1n) is 5.70. The summed E-state index contributed by atoms with van der Waals surface area (Å²) in [5, 5.41) is 0.833. The summed E-state index contributed by atoms with van der Waals surface area (Å²) in [7, 11) is 0. The van der Waals surface area contributed by atoms with Gasteiger partial charge in [-0.2, -0.15) is 0 Å². The maximum Gasteiger partial charge on any atom is 0.226 e. The molecule has 0 amide bonds. The minimum absolute atomic E-state index is 0.146. The topological polar surface area (TPSA) is 17.1 Å². The Morgan fingerprint density at radius 3 is 2.21 bits per heavy atom. The number of aryl methyl sites for hydroxylation is 1. The first kappa shape index (κ1) is 14.4. The fourth-order valence-corrected chi connectivity index (χ4v) is 2.54. The minimum Gasteiger partial charge on any atom is -0.281 e. The summed E-state index contributed by atoms with van der Waals surface area (Å²) in [6.45, 7) is 1.92. The number of hydrogen-bond acceptors (Lipinski definition) is 1. The highest BCUT2D eigenvalue weighted by atomic mass is 35.5. The van der Waals surface area contributed by atoms with E-state index in [2.05, 4.69) is 0 Å². The van der Waals surface area contributed by atoms with Crippen LogP contribution in [0.4, 0.5) is 0 Å². The van der Waals surface area contributed by atoms with Gasteiger partial charge in [-0.15, -0.1) is 0 Å². The molecule has 0 heterocycles. The van der Waals surface area contributed by atoms with Gasteiger partial charge in [0, 0.05) is 16.5 Å². The molecular weight excluding hydrogens is 303 g/mol. The summed E-state index contributed by atoms with van der Waals surface area (Å²) in [4.78, 5) is 11.0. The molecule has 1 nitrogen and oxygen atoms in total. The molecule has 0 N–H and O–H groups in total. The molecule has 0 unspecified atom stereocenters. The molecule has 19 heavy (non-hydrogen) atoms. The Hall–Kier alpha value is -1.02. The second-order valence-electron chi connectivity index (χ2n) is 4.29. The number of rotatable bonds is 3. The zero-order valence-corrected chi connectivity index (χ0v) is 12.5. The van der Waals surface area contributed by atoms with Crippen molar-refractivity contribution >= 4 is 40.0 Å². The smallest absolute Gasteiger partial charge is 0.226 e. The largest absolute Gasteiger partial charge is 0.281 e. The normalized spacial score (nSPS) is 10.5. The van der Waals surface area contributed by atoms with Crippen molar-refractivity contribution in [3.8, 4) is 11.1 Å². The van der Waals surface area contributed by atoms with Crippen LogP contribution in [0.1, 0.15) is 11.1 Å². The molecule has 0 aliphatic rings. The zero-order valence-electron chi connectivity index (χ0n) is 10.2. The highest BCUT2D eigenvalue weighted by molar-refractivity contribution is 6.63. The van der Waals surface area contributed by atoms with Crippen molar-refractivity contribution in [3.05, 3.63) is 57.6 Å². The van der Waals surface area contributed by atoms with Crippen LogP contribution in [0, 0.1) is 6.92 Å². The first-order valence-corrected chi connectivity index (χ1v) is 6.84. The molecular formula is C15H11Cl3O. The van der Waals surface area contributed by atoms with Crippen LogP contribution in [0.3, 0.4) is 0 Å². The third kappa shape index (κ3) is 3.50. The zero-order chi connectivity index (χ0) is 14.0. The van der Waals surface area contributed by atoms with Crippen molar-refractivity contribution in [2.24, 2.45) is 0 Å². The van der Waals surface area contributed by atoms with E-state index in [1.807, 2.05) is 43.3 Å². The van der Waals surface area contributed by atoms with E-state index in [9.17, 15) is 4.79 Å². The van der Waals surface area contributed by atoms with Gasteiger partial charge in [0.15, 0.2) is 0 Å². The lowest BCUT2D eigenvalue weighted by Crippen LogP contribution is -1.98. The molecule has 2 rings (SSSR count). The van der Waals surface area contributed by atoms with Gasteiger partial charge >= 0.3 is 0 Å². The Balaban J connectivity index is 2.44. The van der Waals surface area contributed by atoms with Crippen molar-refractivity contribution in [2.45, 2.75) is 13.3 Å². The van der Waals surface area contributed by atoms with Crippen LogP contribution in [-0.2, 0) is 11.2 Å². The number of carbonyl (C=O) groups is 1. The maximum absolute atomic E-state index is 11.0. The van der Waals surface area contributed by atoms with Gasteiger partial charge in [-0.1, -0.05) is 41.4 Å². The molecule has 0 saturated carbocycles. The van der Waals surface area contributed by atoms with E-state index in [4.69, 9.17) is 34.8 Å². The molecule has 0 radical (unpaired) electrons. The van der Waals surface area contributed by atoms with Crippen LogP contribution in [0.15, 0.2) is 36.4 Å². The number of carbonyl (C=O) groups excluding carboxylic acids is 1. The lowest BCUT2D eigenvalue weighted by molar-refractivity contribution is -0.111. The average Bonchev–Trinajstić information content (AvgIpc) is 2.34. The Bertz CT molecular complexity index is 595. The van der Waals surface area contributed by atoms with Gasteiger partial charge in [-0.3, -0.25) is 4.79 Å². The summed E-state index contributed by atoms with van der Waals surface area (Å²) in [6, 6.07) is 11.4. The molecule has 0 fully saturated rings. The number of halogens is 3. The predicted molar refractivity (Wildman–Crippen MR) is 81.2 cm³/mol. The fraction of sp³-hybridized carbons (Fsp3) is 0.133. The molecule has 0 aliphatic carbocycles. The average molecular weight is 314 g/mol. The van der Waals surface area contributed by atoms with Gasteiger partial charge in [-0.05, 0) is 59.0 Å². The lowest BCUT2D eigenvalue weighted by Gasteiger charge is -2.10. The van der Waals surface area contributed by atoms with Crippen molar-refractivity contribution in [2.75, 3.05) is 0 Å². The lowest BCUT2D eigenvalue weighted by atomic mass is 9.98. The molecule has 0 atom stereocenters. The molecule has 2 aromatic rings. The van der Waals surface area contributed by atoms with Crippen LogP contribution in [0.2, 0.25) is 10.0 Å². The van der Waals surface area contributed by atoms with E-state index in [0.717, 1.165) is 22.3 Å². The Labute approximate surface area is 127 Å². The third-order valence-corrected chi connectivity index (χ3v) is 3.63. The molecule has 2 aromatic carbocycles. The molecule has 0 aliphatic heterocycles. The summed E-state index contributed by atoms with van der Waals surface area (Å²) in [6.07, 6.45) is 0.146. The maximum atomic E-state index is 11.0. The summed E-state index contributed by atoms with van der Waals surface area (Å²) < 4.78 is 0. The van der Waals surface area contributed by atoms with Crippen molar-refractivity contribution < 1.29 is 4.79 Å². The highest BCUT2D eigenvalue weighted by Crippen LogP contribution is 2.30. The van der Waals surface area contributed by atoms with E-state index in [1.165, 1.54) is 0 Å². The van der Waals surface area contributed by atoms with Gasteiger partial charge in [0.25, 0.3) is 0 Å². The second kappa shape index (κ2) is 5.96. The fourth-order valence-electron chi connectivity index (χ4n) is 1.95. The van der Waals surface area contributed by atoms with E-state index in [1.54, 1.807) is 0 Å². The summed E-state index contributed by atoms with van der Waals surface area (Å²) in [5.41, 5.74) is 3.74. The Kier molecular flexibility index (Phi) is 4.51. The number of hydrogen-bond donors (Lipinski definition) is 0. The van der Waals surface area contributed by atoms with Crippen molar-refractivity contribution in [1.82, 2.24) is 0 Å². The van der Waals surface area contributed by atoms with Gasteiger partial charge < -0.3 is 0 Å². The van der Waals surface area contributed by atoms with Crippen LogP contribution in [0.25, 0.3) is 11.1 Å². The minimum atomic E-state index is -0.413. The second-order valence-corrected chi connectivity index (χ2v) is 5.56. The highest BCUT2D eigenvalue weighted by Gasteiger charge is 2.10.